The summed E-state index contributed by atoms with van der Waals surface area (Å²) in [6, 6.07) is 6.09. The molecule has 0 saturated heterocycles. The molecule has 1 aromatic heterocycles. The van der Waals surface area contributed by atoms with E-state index in [1.165, 1.54) is 12.1 Å². The third kappa shape index (κ3) is 2.35. The van der Waals surface area contributed by atoms with E-state index in [4.69, 9.17) is 5.26 Å². The van der Waals surface area contributed by atoms with Gasteiger partial charge in [-0.05, 0) is 30.9 Å². The molecule has 0 saturated carbocycles. The van der Waals surface area contributed by atoms with Gasteiger partial charge in [-0.2, -0.15) is 5.26 Å². The van der Waals surface area contributed by atoms with Crippen LogP contribution in [0.15, 0.2) is 12.1 Å². The molecule has 1 rings (SSSR count). The summed E-state index contributed by atoms with van der Waals surface area (Å²) in [4.78, 5) is 0. The molecule has 0 spiro atoms. The van der Waals surface area contributed by atoms with Gasteiger partial charge >= 0.3 is 0 Å². The monoisotopic (exact) mass is 176 g/mol. The van der Waals surface area contributed by atoms with E-state index < -0.39 is 0 Å². The van der Waals surface area contributed by atoms with Crippen LogP contribution >= 0.6 is 0 Å². The zero-order chi connectivity index (χ0) is 9.84. The Morgan fingerprint density at radius 1 is 1.46 bits per heavy atom. The fourth-order valence-corrected chi connectivity index (χ4v) is 1.35. The average molecular weight is 176 g/mol. The van der Waals surface area contributed by atoms with Crippen molar-refractivity contribution in [2.45, 2.75) is 26.7 Å². The molecule has 0 aliphatic rings. The van der Waals surface area contributed by atoms with Crippen molar-refractivity contribution in [3.05, 3.63) is 23.5 Å². The number of rotatable bonds is 3. The largest absolute Gasteiger partial charge is 0.340 e. The lowest BCUT2D eigenvalue weighted by Gasteiger charge is -2.06. The first-order chi connectivity index (χ1) is 6.15. The lowest BCUT2D eigenvalue weighted by molar-refractivity contribution is 0.573. The summed E-state index contributed by atoms with van der Waals surface area (Å²) in [5.74, 6) is 0.723. The van der Waals surface area contributed by atoms with E-state index in [0.29, 0.717) is 0 Å². The molecule has 13 heavy (non-hydrogen) atoms. The van der Waals surface area contributed by atoms with Crippen LogP contribution in [0.5, 0.6) is 0 Å². The molecular formula is C11H16N2. The standard InChI is InChI=1S/C11H16N2/c1-9(2)4-5-10-6-7-11(8-12)13(10)3/h6-7,9H,4-5H2,1-3H3. The van der Waals surface area contributed by atoms with Gasteiger partial charge in [-0.1, -0.05) is 13.8 Å². The predicted molar refractivity (Wildman–Crippen MR) is 53.3 cm³/mol. The number of nitrogens with zero attached hydrogens (tertiary/aromatic N) is 2. The zero-order valence-corrected chi connectivity index (χ0v) is 8.54. The van der Waals surface area contributed by atoms with Gasteiger partial charge in [-0.15, -0.1) is 0 Å². The van der Waals surface area contributed by atoms with E-state index >= 15 is 0 Å². The minimum absolute atomic E-state index is 0.723. The molecule has 0 N–H and O–H groups in total. The Kier molecular flexibility index (Phi) is 3.13. The zero-order valence-electron chi connectivity index (χ0n) is 8.54. The molecule has 0 fully saturated rings. The van der Waals surface area contributed by atoms with Gasteiger partial charge in [-0.3, -0.25) is 0 Å². The van der Waals surface area contributed by atoms with Crippen LogP contribution < -0.4 is 0 Å². The minimum atomic E-state index is 0.723. The molecule has 0 amide bonds. The van der Waals surface area contributed by atoms with Gasteiger partial charge in [0, 0.05) is 12.7 Å². The Morgan fingerprint density at radius 2 is 2.15 bits per heavy atom. The van der Waals surface area contributed by atoms with Crippen LogP contribution in [0.2, 0.25) is 0 Å². The number of nitriles is 1. The summed E-state index contributed by atoms with van der Waals surface area (Å²) in [5, 5.41) is 8.74. The Hall–Kier alpha value is -1.23. The van der Waals surface area contributed by atoms with Crippen molar-refractivity contribution in [1.82, 2.24) is 4.57 Å². The molecule has 0 radical (unpaired) electrons. The molecule has 0 unspecified atom stereocenters. The van der Waals surface area contributed by atoms with Crippen LogP contribution in [-0.2, 0) is 13.5 Å². The lowest BCUT2D eigenvalue weighted by atomic mass is 10.1. The summed E-state index contributed by atoms with van der Waals surface area (Å²) in [6.07, 6.45) is 2.25. The first-order valence-corrected chi connectivity index (χ1v) is 4.70. The van der Waals surface area contributed by atoms with Crippen molar-refractivity contribution >= 4 is 0 Å². The molecule has 2 nitrogen and oxygen atoms in total. The van der Waals surface area contributed by atoms with Crippen molar-refractivity contribution in [3.63, 3.8) is 0 Å². The fourth-order valence-electron chi connectivity index (χ4n) is 1.35. The lowest BCUT2D eigenvalue weighted by Crippen LogP contribution is -2.00. The molecule has 0 aromatic carbocycles. The van der Waals surface area contributed by atoms with Crippen LogP contribution in [0, 0.1) is 17.2 Å². The van der Waals surface area contributed by atoms with Gasteiger partial charge in [0.25, 0.3) is 0 Å². The number of hydrogen-bond acceptors (Lipinski definition) is 1. The van der Waals surface area contributed by atoms with Crippen LogP contribution in [0.4, 0.5) is 0 Å². The van der Waals surface area contributed by atoms with Crippen molar-refractivity contribution in [2.75, 3.05) is 0 Å². The maximum Gasteiger partial charge on any atom is 0.120 e. The SMILES string of the molecule is CC(C)CCc1ccc(C#N)n1C. The van der Waals surface area contributed by atoms with Crippen LogP contribution in [0.3, 0.4) is 0 Å². The highest BCUT2D eigenvalue weighted by Gasteiger charge is 2.04. The third-order valence-electron chi connectivity index (χ3n) is 2.32. The molecule has 0 bridgehead atoms. The number of aromatic nitrogens is 1. The van der Waals surface area contributed by atoms with Gasteiger partial charge in [0.15, 0.2) is 0 Å². The summed E-state index contributed by atoms with van der Waals surface area (Å²) in [5.41, 5.74) is 2.00. The van der Waals surface area contributed by atoms with Gasteiger partial charge in [0.05, 0.1) is 0 Å². The van der Waals surface area contributed by atoms with Crippen LogP contribution in [-0.4, -0.2) is 4.57 Å². The number of aryl methyl sites for hydroxylation is 1. The summed E-state index contributed by atoms with van der Waals surface area (Å²) in [7, 11) is 1.95. The molecule has 1 aromatic rings. The van der Waals surface area contributed by atoms with E-state index in [0.717, 1.165) is 18.0 Å². The highest BCUT2D eigenvalue weighted by Crippen LogP contribution is 2.11. The van der Waals surface area contributed by atoms with Gasteiger partial charge in [-0.25, -0.2) is 0 Å². The Bertz CT molecular complexity index is 315. The second-order valence-electron chi connectivity index (χ2n) is 3.81. The second kappa shape index (κ2) is 4.13. The molecule has 0 aliphatic carbocycles. The van der Waals surface area contributed by atoms with Crippen molar-refractivity contribution in [2.24, 2.45) is 13.0 Å². The van der Waals surface area contributed by atoms with E-state index in [-0.39, 0.29) is 0 Å². The minimum Gasteiger partial charge on any atom is -0.340 e. The van der Waals surface area contributed by atoms with Crippen LogP contribution in [0.1, 0.15) is 31.7 Å². The highest BCUT2D eigenvalue weighted by molar-refractivity contribution is 5.26. The number of hydrogen-bond donors (Lipinski definition) is 0. The van der Waals surface area contributed by atoms with Crippen molar-refractivity contribution in [3.8, 4) is 6.07 Å². The van der Waals surface area contributed by atoms with E-state index in [9.17, 15) is 0 Å². The molecule has 1 heterocycles. The van der Waals surface area contributed by atoms with Crippen molar-refractivity contribution in [1.29, 1.82) is 5.26 Å². The quantitative estimate of drug-likeness (QED) is 0.695. The fraction of sp³-hybridized carbons (Fsp3) is 0.545. The van der Waals surface area contributed by atoms with E-state index in [1.54, 1.807) is 0 Å². The average Bonchev–Trinajstić information content (AvgIpc) is 2.43. The van der Waals surface area contributed by atoms with Gasteiger partial charge < -0.3 is 4.57 Å². The van der Waals surface area contributed by atoms with E-state index in [1.807, 2.05) is 23.7 Å². The Morgan fingerprint density at radius 3 is 2.62 bits per heavy atom. The Balaban J connectivity index is 2.69. The van der Waals surface area contributed by atoms with Gasteiger partial charge in [0.1, 0.15) is 11.8 Å². The maximum absolute atomic E-state index is 8.74. The van der Waals surface area contributed by atoms with E-state index in [2.05, 4.69) is 19.9 Å². The maximum atomic E-state index is 8.74. The molecule has 70 valence electrons. The molecule has 0 aliphatic heterocycles. The Labute approximate surface area is 79.8 Å². The molecular weight excluding hydrogens is 160 g/mol. The summed E-state index contributed by atoms with van der Waals surface area (Å²) >= 11 is 0. The summed E-state index contributed by atoms with van der Waals surface area (Å²) in [6.45, 7) is 4.43. The highest BCUT2D eigenvalue weighted by atomic mass is 14.9. The molecule has 0 atom stereocenters. The molecule has 2 heteroatoms. The van der Waals surface area contributed by atoms with Gasteiger partial charge in [0.2, 0.25) is 0 Å². The first-order valence-electron chi connectivity index (χ1n) is 4.70. The van der Waals surface area contributed by atoms with Crippen LogP contribution in [0.25, 0.3) is 0 Å². The third-order valence-corrected chi connectivity index (χ3v) is 2.32. The summed E-state index contributed by atoms with van der Waals surface area (Å²) < 4.78 is 1.97. The normalized spacial score (nSPS) is 10.4. The topological polar surface area (TPSA) is 28.7 Å². The smallest absolute Gasteiger partial charge is 0.120 e. The van der Waals surface area contributed by atoms with Crippen molar-refractivity contribution < 1.29 is 0 Å². The predicted octanol–water partition coefficient (Wildman–Crippen LogP) is 2.49. The first kappa shape index (κ1) is 9.85. The second-order valence-corrected chi connectivity index (χ2v) is 3.81.